The van der Waals surface area contributed by atoms with E-state index in [0.717, 1.165) is 6.26 Å². The Labute approximate surface area is 106 Å². The van der Waals surface area contributed by atoms with Gasteiger partial charge in [-0.05, 0) is 19.1 Å². The van der Waals surface area contributed by atoms with Gasteiger partial charge in [0.25, 0.3) is 5.69 Å². The van der Waals surface area contributed by atoms with Crippen LogP contribution in [-0.2, 0) is 0 Å². The molecule has 19 heavy (non-hydrogen) atoms. The number of nitrogens with zero attached hydrogens (tertiary/aromatic N) is 2. The summed E-state index contributed by atoms with van der Waals surface area (Å²) in [6.45, 7) is 1.59. The van der Waals surface area contributed by atoms with Crippen molar-refractivity contribution in [3.63, 3.8) is 0 Å². The molecule has 0 spiro atoms. The van der Waals surface area contributed by atoms with Crippen LogP contribution in [0.15, 0.2) is 28.9 Å². The first-order valence-corrected chi connectivity index (χ1v) is 5.09. The summed E-state index contributed by atoms with van der Waals surface area (Å²) in [6.07, 6.45) is 0.621. The van der Waals surface area contributed by atoms with Crippen molar-refractivity contribution in [2.75, 3.05) is 0 Å². The summed E-state index contributed by atoms with van der Waals surface area (Å²) in [5.41, 5.74) is 0.0649. The molecule has 8 nitrogen and oxygen atoms in total. The molecule has 0 bridgehead atoms. The molecular formula is C11H8N2O6. The van der Waals surface area contributed by atoms with Gasteiger partial charge in [-0.15, -0.1) is 0 Å². The van der Waals surface area contributed by atoms with Gasteiger partial charge in [-0.3, -0.25) is 10.1 Å². The molecule has 0 atom stereocenters. The summed E-state index contributed by atoms with van der Waals surface area (Å²) in [5, 5.41) is 19.4. The molecule has 8 heteroatoms. The zero-order valence-electron chi connectivity index (χ0n) is 9.69. The zero-order valence-corrected chi connectivity index (χ0v) is 9.69. The van der Waals surface area contributed by atoms with Crippen molar-refractivity contribution in [1.82, 2.24) is 4.98 Å². The quantitative estimate of drug-likeness (QED) is 0.665. The van der Waals surface area contributed by atoms with E-state index >= 15 is 0 Å². The number of hydrogen-bond donors (Lipinski definition) is 1. The fourth-order valence-electron chi connectivity index (χ4n) is 1.35. The number of benzene rings is 1. The second-order valence-electron chi connectivity index (χ2n) is 3.61. The molecular weight excluding hydrogens is 256 g/mol. The minimum Gasteiger partial charge on any atom is -0.476 e. The van der Waals surface area contributed by atoms with Crippen LogP contribution in [0.2, 0.25) is 0 Å². The fraction of sp³-hybridized carbons (Fsp3) is 0.0909. The van der Waals surface area contributed by atoms with Gasteiger partial charge in [-0.25, -0.2) is 4.79 Å². The Morgan fingerprint density at radius 1 is 1.53 bits per heavy atom. The summed E-state index contributed by atoms with van der Waals surface area (Å²) in [5.74, 6) is -1.12. The van der Waals surface area contributed by atoms with Crippen LogP contribution in [0.4, 0.5) is 5.69 Å². The van der Waals surface area contributed by atoms with Crippen LogP contribution in [0.5, 0.6) is 11.8 Å². The summed E-state index contributed by atoms with van der Waals surface area (Å²) in [4.78, 5) is 24.3. The van der Waals surface area contributed by atoms with Crippen molar-refractivity contribution in [3.8, 4) is 11.8 Å². The number of ether oxygens (including phenoxy) is 1. The van der Waals surface area contributed by atoms with E-state index in [1.807, 2.05) is 0 Å². The molecule has 1 aromatic heterocycles. The van der Waals surface area contributed by atoms with Crippen LogP contribution in [0, 0.1) is 17.0 Å². The van der Waals surface area contributed by atoms with E-state index in [1.165, 1.54) is 18.2 Å². The molecule has 2 aromatic rings. The van der Waals surface area contributed by atoms with E-state index in [-0.39, 0.29) is 23.2 Å². The number of aromatic nitrogens is 1. The average molecular weight is 264 g/mol. The Bertz CT molecular complexity index is 648. The molecule has 0 saturated heterocycles. The van der Waals surface area contributed by atoms with Crippen molar-refractivity contribution in [1.29, 1.82) is 0 Å². The van der Waals surface area contributed by atoms with Gasteiger partial charge in [-0.1, -0.05) is 0 Å². The van der Waals surface area contributed by atoms with Gasteiger partial charge < -0.3 is 14.3 Å². The summed E-state index contributed by atoms with van der Waals surface area (Å²) in [7, 11) is 0. The van der Waals surface area contributed by atoms with Gasteiger partial charge in [0.1, 0.15) is 12.0 Å². The number of carboxylic acid groups (broad SMARTS) is 1. The van der Waals surface area contributed by atoms with Crippen molar-refractivity contribution < 1.29 is 24.0 Å². The molecule has 0 unspecified atom stereocenters. The first-order valence-electron chi connectivity index (χ1n) is 5.09. The molecule has 0 aliphatic heterocycles. The highest BCUT2D eigenvalue weighted by Crippen LogP contribution is 2.27. The van der Waals surface area contributed by atoms with Crippen LogP contribution < -0.4 is 4.74 Å². The molecule has 0 saturated carbocycles. The maximum atomic E-state index is 10.8. The lowest BCUT2D eigenvalue weighted by Crippen LogP contribution is -1.96. The third-order valence-corrected chi connectivity index (χ3v) is 2.28. The molecule has 0 amide bonds. The van der Waals surface area contributed by atoms with E-state index in [0.29, 0.717) is 5.56 Å². The fourth-order valence-corrected chi connectivity index (χ4v) is 1.35. The molecule has 98 valence electrons. The van der Waals surface area contributed by atoms with Gasteiger partial charge in [-0.2, -0.15) is 4.98 Å². The lowest BCUT2D eigenvalue weighted by Gasteiger charge is -2.02. The molecule has 0 radical (unpaired) electrons. The van der Waals surface area contributed by atoms with E-state index < -0.39 is 10.9 Å². The number of oxazole rings is 1. The maximum absolute atomic E-state index is 10.8. The van der Waals surface area contributed by atoms with E-state index in [9.17, 15) is 14.9 Å². The van der Waals surface area contributed by atoms with E-state index in [1.54, 1.807) is 6.92 Å². The highest BCUT2D eigenvalue weighted by atomic mass is 16.6. The minimum absolute atomic E-state index is 0.109. The van der Waals surface area contributed by atoms with E-state index in [4.69, 9.17) is 14.3 Å². The number of nitro groups is 1. The first kappa shape index (κ1) is 12.6. The van der Waals surface area contributed by atoms with Crippen molar-refractivity contribution >= 4 is 11.7 Å². The van der Waals surface area contributed by atoms with Gasteiger partial charge in [0.05, 0.1) is 11.0 Å². The van der Waals surface area contributed by atoms with Crippen LogP contribution >= 0.6 is 0 Å². The van der Waals surface area contributed by atoms with Crippen LogP contribution in [0.1, 0.15) is 16.1 Å². The Hall–Kier alpha value is -2.90. The van der Waals surface area contributed by atoms with Gasteiger partial charge in [0.15, 0.2) is 5.69 Å². The highest BCUT2D eigenvalue weighted by molar-refractivity contribution is 5.84. The lowest BCUT2D eigenvalue weighted by atomic mass is 10.2. The largest absolute Gasteiger partial charge is 0.476 e. The van der Waals surface area contributed by atoms with Crippen LogP contribution in [0.3, 0.4) is 0 Å². The van der Waals surface area contributed by atoms with Crippen molar-refractivity contribution in [3.05, 3.63) is 45.8 Å². The normalized spacial score (nSPS) is 10.2. The standard InChI is InChI=1S/C11H8N2O6/c1-6-2-3-7(4-9(6)13(16)17)19-11-12-8(5-18-11)10(14)15/h2-5H,1H3,(H,14,15). The Balaban J connectivity index is 2.25. The van der Waals surface area contributed by atoms with Crippen LogP contribution in [-0.4, -0.2) is 21.0 Å². The summed E-state index contributed by atoms with van der Waals surface area (Å²) < 4.78 is 9.89. The molecule has 2 rings (SSSR count). The molecule has 1 N–H and O–H groups in total. The number of rotatable bonds is 4. The Morgan fingerprint density at radius 2 is 2.26 bits per heavy atom. The number of nitro benzene ring substituents is 1. The molecule has 0 aliphatic carbocycles. The van der Waals surface area contributed by atoms with E-state index in [2.05, 4.69) is 4.98 Å². The molecule has 1 aromatic carbocycles. The van der Waals surface area contributed by atoms with Gasteiger partial charge in [0, 0.05) is 5.56 Å². The average Bonchev–Trinajstić information content (AvgIpc) is 2.80. The smallest absolute Gasteiger partial charge is 0.399 e. The second-order valence-corrected chi connectivity index (χ2v) is 3.61. The van der Waals surface area contributed by atoms with Crippen molar-refractivity contribution in [2.24, 2.45) is 0 Å². The highest BCUT2D eigenvalue weighted by Gasteiger charge is 2.15. The number of hydrogen-bond acceptors (Lipinski definition) is 6. The Kier molecular flexibility index (Phi) is 3.15. The number of aryl methyl sites for hydroxylation is 1. The predicted molar refractivity (Wildman–Crippen MR) is 61.4 cm³/mol. The monoisotopic (exact) mass is 264 g/mol. The number of carboxylic acids is 1. The second kappa shape index (κ2) is 4.77. The maximum Gasteiger partial charge on any atom is 0.399 e. The third kappa shape index (κ3) is 2.68. The van der Waals surface area contributed by atoms with Gasteiger partial charge >= 0.3 is 12.0 Å². The SMILES string of the molecule is Cc1ccc(Oc2nc(C(=O)O)co2)cc1[N+](=O)[O-]. The first-order chi connectivity index (χ1) is 8.97. The summed E-state index contributed by atoms with van der Waals surface area (Å²) >= 11 is 0. The Morgan fingerprint density at radius 3 is 2.84 bits per heavy atom. The third-order valence-electron chi connectivity index (χ3n) is 2.28. The number of aromatic carboxylic acids is 1. The minimum atomic E-state index is -1.26. The molecule has 0 aliphatic rings. The number of carbonyl (C=O) groups is 1. The topological polar surface area (TPSA) is 116 Å². The molecule has 1 heterocycles. The zero-order chi connectivity index (χ0) is 14.0. The lowest BCUT2D eigenvalue weighted by molar-refractivity contribution is -0.385. The van der Waals surface area contributed by atoms with Crippen molar-refractivity contribution in [2.45, 2.75) is 6.92 Å². The predicted octanol–water partition coefficient (Wildman–Crippen LogP) is 2.38. The van der Waals surface area contributed by atoms with Gasteiger partial charge in [0.2, 0.25) is 0 Å². The molecule has 0 fully saturated rings. The summed E-state index contributed by atoms with van der Waals surface area (Å²) in [6, 6.07) is 4.21. The van der Waals surface area contributed by atoms with Crippen LogP contribution in [0.25, 0.3) is 0 Å².